The monoisotopic (exact) mass is 478 g/mol. The normalized spacial score (nSPS) is 17.5. The van der Waals surface area contributed by atoms with Gasteiger partial charge in [0, 0.05) is 23.3 Å². The zero-order chi connectivity index (χ0) is 23.9. The van der Waals surface area contributed by atoms with Crippen LogP contribution in [0.2, 0.25) is 5.02 Å². The molecule has 0 aliphatic carbocycles. The van der Waals surface area contributed by atoms with E-state index < -0.39 is 23.2 Å². The molecule has 0 radical (unpaired) electrons. The molecule has 0 spiro atoms. The Morgan fingerprint density at radius 2 is 1.97 bits per heavy atom. The molecule has 2 aromatic heterocycles. The highest BCUT2D eigenvalue weighted by atomic mass is 35.5. The average Bonchev–Trinajstić information content (AvgIpc) is 3.48. The molecule has 1 aliphatic rings. The van der Waals surface area contributed by atoms with Gasteiger partial charge in [0.05, 0.1) is 12.8 Å². The standard InChI is InChI=1S/C25H20ClFN4O3/c1-25(24(33)28-14-16-7-9-17(26)10-8-16)15-30-21(13-20(29-30)22-6-3-11-34-22)23(32)31(25)19-5-2-4-18(27)12-19/h2-13H,14-15H2,1H3,(H,28,33). The predicted molar refractivity (Wildman–Crippen MR) is 125 cm³/mol. The van der Waals surface area contributed by atoms with Crippen LogP contribution in [0.25, 0.3) is 11.5 Å². The molecule has 0 saturated carbocycles. The molecule has 1 atom stereocenters. The van der Waals surface area contributed by atoms with E-state index in [0.29, 0.717) is 16.5 Å². The van der Waals surface area contributed by atoms with Crippen LogP contribution in [0.1, 0.15) is 23.0 Å². The average molecular weight is 479 g/mol. The van der Waals surface area contributed by atoms with Gasteiger partial charge >= 0.3 is 0 Å². The van der Waals surface area contributed by atoms with Gasteiger partial charge in [-0.05, 0) is 55.0 Å². The van der Waals surface area contributed by atoms with Crippen molar-refractivity contribution in [2.24, 2.45) is 0 Å². The lowest BCUT2D eigenvalue weighted by atomic mass is 9.93. The lowest BCUT2D eigenvalue weighted by molar-refractivity contribution is -0.126. The van der Waals surface area contributed by atoms with Gasteiger partial charge in [0.1, 0.15) is 22.7 Å². The maximum absolute atomic E-state index is 14.1. The van der Waals surface area contributed by atoms with Crippen LogP contribution in [0.15, 0.2) is 77.4 Å². The van der Waals surface area contributed by atoms with Crippen molar-refractivity contribution >= 4 is 29.1 Å². The summed E-state index contributed by atoms with van der Waals surface area (Å²) in [7, 11) is 0. The molecule has 3 heterocycles. The van der Waals surface area contributed by atoms with Gasteiger partial charge in [-0.15, -0.1) is 0 Å². The molecule has 7 nitrogen and oxygen atoms in total. The van der Waals surface area contributed by atoms with Crippen LogP contribution in [0.4, 0.5) is 10.1 Å². The van der Waals surface area contributed by atoms with E-state index in [4.69, 9.17) is 16.0 Å². The number of hydrogen-bond donors (Lipinski definition) is 1. The van der Waals surface area contributed by atoms with E-state index in [1.807, 2.05) is 12.1 Å². The Bertz CT molecular complexity index is 1370. The number of furan rings is 1. The number of hydrogen-bond acceptors (Lipinski definition) is 4. The van der Waals surface area contributed by atoms with Crippen molar-refractivity contribution < 1.29 is 18.4 Å². The van der Waals surface area contributed by atoms with E-state index in [0.717, 1.165) is 5.56 Å². The number of fused-ring (bicyclic) bond motifs is 1. The van der Waals surface area contributed by atoms with Gasteiger partial charge in [0.25, 0.3) is 5.91 Å². The SMILES string of the molecule is CC1(C(=O)NCc2ccc(Cl)cc2)Cn2nc(-c3ccco3)cc2C(=O)N1c1cccc(F)c1. The number of aromatic nitrogens is 2. The van der Waals surface area contributed by atoms with E-state index in [1.165, 1.54) is 34.0 Å². The van der Waals surface area contributed by atoms with E-state index in [1.54, 1.807) is 43.3 Å². The second-order valence-electron chi connectivity index (χ2n) is 8.25. The number of amides is 2. The zero-order valence-electron chi connectivity index (χ0n) is 18.2. The topological polar surface area (TPSA) is 80.4 Å². The van der Waals surface area contributed by atoms with Gasteiger partial charge in [0.2, 0.25) is 5.91 Å². The third kappa shape index (κ3) is 3.86. The molecule has 0 saturated heterocycles. The van der Waals surface area contributed by atoms with Crippen LogP contribution in [-0.4, -0.2) is 27.1 Å². The van der Waals surface area contributed by atoms with Gasteiger partial charge in [-0.25, -0.2) is 4.39 Å². The van der Waals surface area contributed by atoms with Crippen LogP contribution in [0.3, 0.4) is 0 Å². The van der Waals surface area contributed by atoms with Gasteiger partial charge in [-0.1, -0.05) is 29.8 Å². The maximum atomic E-state index is 14.1. The minimum Gasteiger partial charge on any atom is -0.463 e. The quantitative estimate of drug-likeness (QED) is 0.452. The predicted octanol–water partition coefficient (Wildman–Crippen LogP) is 4.67. The van der Waals surface area contributed by atoms with Crippen LogP contribution in [-0.2, 0) is 17.9 Å². The van der Waals surface area contributed by atoms with Crippen LogP contribution in [0, 0.1) is 5.82 Å². The third-order valence-corrected chi connectivity index (χ3v) is 6.10. The van der Waals surface area contributed by atoms with Crippen LogP contribution in [0.5, 0.6) is 0 Å². The molecule has 4 aromatic rings. The summed E-state index contributed by atoms with van der Waals surface area (Å²) in [5.41, 5.74) is 0.496. The third-order valence-electron chi connectivity index (χ3n) is 5.85. The van der Waals surface area contributed by atoms with Crippen molar-refractivity contribution in [3.63, 3.8) is 0 Å². The fourth-order valence-corrected chi connectivity index (χ4v) is 4.25. The summed E-state index contributed by atoms with van der Waals surface area (Å²) in [4.78, 5) is 28.5. The molecule has 1 N–H and O–H groups in total. The van der Waals surface area contributed by atoms with Gasteiger partial charge in [-0.2, -0.15) is 5.10 Å². The first kappa shape index (κ1) is 21.9. The second-order valence-corrected chi connectivity index (χ2v) is 8.69. The number of carbonyl (C=O) groups excluding carboxylic acids is 2. The van der Waals surface area contributed by atoms with Crippen molar-refractivity contribution in [2.75, 3.05) is 4.90 Å². The smallest absolute Gasteiger partial charge is 0.277 e. The van der Waals surface area contributed by atoms with Crippen LogP contribution >= 0.6 is 11.6 Å². The number of carbonyl (C=O) groups is 2. The Morgan fingerprint density at radius 3 is 2.68 bits per heavy atom. The molecule has 0 fully saturated rings. The van der Waals surface area contributed by atoms with Crippen molar-refractivity contribution in [2.45, 2.75) is 25.6 Å². The number of nitrogens with one attached hydrogen (secondary N) is 1. The molecular formula is C25H20ClFN4O3. The summed E-state index contributed by atoms with van der Waals surface area (Å²) < 4.78 is 21.0. The van der Waals surface area contributed by atoms with E-state index in [9.17, 15) is 14.0 Å². The Hall–Kier alpha value is -3.91. The fraction of sp³-hybridized carbons (Fsp3) is 0.160. The lowest BCUT2D eigenvalue weighted by Crippen LogP contribution is -2.64. The number of anilines is 1. The summed E-state index contributed by atoms with van der Waals surface area (Å²) in [6.45, 7) is 1.95. The maximum Gasteiger partial charge on any atom is 0.277 e. The molecule has 5 rings (SSSR count). The Labute approximate surface area is 199 Å². The molecular weight excluding hydrogens is 459 g/mol. The van der Waals surface area contributed by atoms with Crippen molar-refractivity contribution in [3.8, 4) is 11.5 Å². The first-order chi connectivity index (χ1) is 16.3. The molecule has 2 aromatic carbocycles. The van der Waals surface area contributed by atoms with Gasteiger partial charge < -0.3 is 9.73 Å². The van der Waals surface area contributed by atoms with E-state index in [2.05, 4.69) is 10.4 Å². The summed E-state index contributed by atoms with van der Waals surface area (Å²) in [5.74, 6) is -0.877. The van der Waals surface area contributed by atoms with Crippen molar-refractivity contribution in [3.05, 3.63) is 95.1 Å². The first-order valence-electron chi connectivity index (χ1n) is 10.6. The van der Waals surface area contributed by atoms with E-state index in [-0.39, 0.29) is 24.5 Å². The molecule has 172 valence electrons. The fourth-order valence-electron chi connectivity index (χ4n) is 4.12. The Morgan fingerprint density at radius 1 is 1.18 bits per heavy atom. The highest BCUT2D eigenvalue weighted by molar-refractivity contribution is 6.30. The number of nitrogens with zero attached hydrogens (tertiary/aromatic N) is 3. The summed E-state index contributed by atoms with van der Waals surface area (Å²) >= 11 is 5.94. The molecule has 1 unspecified atom stereocenters. The summed E-state index contributed by atoms with van der Waals surface area (Å²) in [6, 6.07) is 17.8. The Balaban J connectivity index is 1.53. The first-order valence-corrected chi connectivity index (χ1v) is 11.0. The molecule has 0 bridgehead atoms. The summed E-state index contributed by atoms with van der Waals surface area (Å²) in [5, 5.41) is 7.99. The largest absolute Gasteiger partial charge is 0.463 e. The van der Waals surface area contributed by atoms with Gasteiger partial charge in [-0.3, -0.25) is 19.2 Å². The molecule has 9 heteroatoms. The van der Waals surface area contributed by atoms with Crippen LogP contribution < -0.4 is 10.2 Å². The lowest BCUT2D eigenvalue weighted by Gasteiger charge is -2.43. The number of halogens is 2. The second kappa shape index (κ2) is 8.46. The molecule has 34 heavy (non-hydrogen) atoms. The minimum absolute atomic E-state index is 0.0672. The number of rotatable bonds is 5. The zero-order valence-corrected chi connectivity index (χ0v) is 18.9. The molecule has 2 amide bonds. The van der Waals surface area contributed by atoms with Crippen molar-refractivity contribution in [1.29, 1.82) is 0 Å². The van der Waals surface area contributed by atoms with E-state index >= 15 is 0 Å². The highest BCUT2D eigenvalue weighted by Crippen LogP contribution is 2.34. The molecule has 1 aliphatic heterocycles. The minimum atomic E-state index is -1.38. The van der Waals surface area contributed by atoms with Crippen molar-refractivity contribution in [1.82, 2.24) is 15.1 Å². The highest BCUT2D eigenvalue weighted by Gasteiger charge is 2.49. The Kier molecular flexibility index (Phi) is 5.45. The van der Waals surface area contributed by atoms with Gasteiger partial charge in [0.15, 0.2) is 5.76 Å². The number of benzene rings is 2. The summed E-state index contributed by atoms with van der Waals surface area (Å²) in [6.07, 6.45) is 1.52.